The van der Waals surface area contributed by atoms with Crippen LogP contribution in [0.15, 0.2) is 21.9 Å². The quantitative estimate of drug-likeness (QED) is 0.631. The third-order valence-electron chi connectivity index (χ3n) is 3.23. The van der Waals surface area contributed by atoms with Crippen LogP contribution in [-0.4, -0.2) is 44.9 Å². The first-order valence-corrected chi connectivity index (χ1v) is 6.13. The van der Waals surface area contributed by atoms with Crippen molar-refractivity contribution in [3.8, 4) is 0 Å². The molecule has 2 rings (SSSR count). The molecule has 1 aromatic heterocycles. The van der Waals surface area contributed by atoms with E-state index in [1.165, 1.54) is 0 Å². The molecular formula is C11H12F3N3O5. The maximum absolute atomic E-state index is 12.3. The van der Waals surface area contributed by atoms with Crippen LogP contribution in [0.3, 0.4) is 0 Å². The van der Waals surface area contributed by atoms with Gasteiger partial charge in [-0.3, -0.25) is 19.1 Å². The summed E-state index contributed by atoms with van der Waals surface area (Å²) in [6.45, 7) is 0. The fraction of sp³-hybridized carbons (Fsp3) is 0.545. The average molecular weight is 323 g/mol. The Hall–Kier alpha value is -1.98. The summed E-state index contributed by atoms with van der Waals surface area (Å²) in [6.07, 6.45) is -8.57. The van der Waals surface area contributed by atoms with Crippen molar-refractivity contribution in [1.82, 2.24) is 9.55 Å². The molecule has 1 aromatic rings. The number of ether oxygens (including phenoxy) is 1. The van der Waals surface area contributed by atoms with E-state index in [2.05, 4.69) is 0 Å². The molecule has 0 spiro atoms. The number of carbonyl (C=O) groups excluding carboxylic acids is 1. The van der Waals surface area contributed by atoms with E-state index in [4.69, 9.17) is 10.5 Å². The molecule has 0 amide bonds. The molecule has 0 aromatic carbocycles. The minimum absolute atomic E-state index is 0.255. The molecule has 4 N–H and O–H groups in total. The van der Waals surface area contributed by atoms with Gasteiger partial charge in [-0.2, -0.15) is 13.2 Å². The first kappa shape index (κ1) is 16.4. The SMILES string of the molecule is NC(C(=O)C(F)(F)F)[C@@H]1O[C@H](n2ccc(=O)[nH]c2=O)CC1O. The van der Waals surface area contributed by atoms with Crippen LogP contribution in [-0.2, 0) is 9.53 Å². The molecule has 0 saturated carbocycles. The maximum Gasteiger partial charge on any atom is 0.451 e. The number of aliphatic hydroxyl groups excluding tert-OH is 1. The van der Waals surface area contributed by atoms with Crippen LogP contribution in [0.5, 0.6) is 0 Å². The summed E-state index contributed by atoms with van der Waals surface area (Å²) in [4.78, 5) is 35.5. The fourth-order valence-electron chi connectivity index (χ4n) is 2.16. The van der Waals surface area contributed by atoms with E-state index in [1.54, 1.807) is 0 Å². The van der Waals surface area contributed by atoms with Gasteiger partial charge in [-0.1, -0.05) is 0 Å². The average Bonchev–Trinajstić information content (AvgIpc) is 2.77. The second-order valence-electron chi connectivity index (χ2n) is 4.76. The van der Waals surface area contributed by atoms with Gasteiger partial charge < -0.3 is 15.6 Å². The zero-order valence-corrected chi connectivity index (χ0v) is 10.9. The molecule has 0 radical (unpaired) electrons. The molecular weight excluding hydrogens is 311 g/mol. The molecule has 1 saturated heterocycles. The number of Topliss-reactive ketones (excluding diaryl/α,β-unsaturated/α-hetero) is 1. The van der Waals surface area contributed by atoms with Crippen LogP contribution in [0.25, 0.3) is 0 Å². The number of alkyl halides is 3. The lowest BCUT2D eigenvalue weighted by Crippen LogP contribution is -2.51. The number of aromatic nitrogens is 2. The molecule has 1 fully saturated rings. The molecule has 4 atom stereocenters. The predicted octanol–water partition coefficient (Wildman–Crippen LogP) is -1.36. The number of ketones is 1. The van der Waals surface area contributed by atoms with Gasteiger partial charge in [0.25, 0.3) is 11.3 Å². The van der Waals surface area contributed by atoms with Crippen molar-refractivity contribution in [2.75, 3.05) is 0 Å². The van der Waals surface area contributed by atoms with Gasteiger partial charge >= 0.3 is 11.9 Å². The number of rotatable bonds is 3. The van der Waals surface area contributed by atoms with E-state index in [0.29, 0.717) is 0 Å². The number of halogens is 3. The van der Waals surface area contributed by atoms with E-state index in [0.717, 1.165) is 16.8 Å². The standard InChI is InChI=1S/C11H12F3N3O5/c12-11(13,14)9(20)7(15)8-4(18)3-6(22-8)17-2-1-5(19)16-10(17)21/h1-2,4,6-8,18H,3,15H2,(H,16,19,21)/t4?,6-,7?,8+/m0/s1. The Morgan fingerprint density at radius 3 is 2.68 bits per heavy atom. The molecule has 1 aliphatic heterocycles. The Bertz CT molecular complexity index is 683. The smallest absolute Gasteiger partial charge is 0.390 e. The summed E-state index contributed by atoms with van der Waals surface area (Å²) in [6, 6.07) is -1.11. The van der Waals surface area contributed by atoms with Crippen LogP contribution in [0.4, 0.5) is 13.2 Å². The van der Waals surface area contributed by atoms with Crippen molar-refractivity contribution in [2.45, 2.75) is 37.1 Å². The zero-order chi connectivity index (χ0) is 16.7. The molecule has 1 aliphatic rings. The van der Waals surface area contributed by atoms with E-state index in [9.17, 15) is 32.7 Å². The molecule has 11 heteroatoms. The summed E-state index contributed by atoms with van der Waals surface area (Å²) in [5, 5.41) is 9.74. The summed E-state index contributed by atoms with van der Waals surface area (Å²) in [7, 11) is 0. The Morgan fingerprint density at radius 2 is 2.14 bits per heavy atom. The van der Waals surface area contributed by atoms with Crippen molar-refractivity contribution in [1.29, 1.82) is 0 Å². The van der Waals surface area contributed by atoms with Gasteiger partial charge in [-0.25, -0.2) is 4.79 Å². The summed E-state index contributed by atoms with van der Waals surface area (Å²) in [5.41, 5.74) is 3.68. The van der Waals surface area contributed by atoms with Gasteiger partial charge in [-0.05, 0) is 0 Å². The van der Waals surface area contributed by atoms with Crippen molar-refractivity contribution < 1.29 is 27.8 Å². The largest absolute Gasteiger partial charge is 0.451 e. The van der Waals surface area contributed by atoms with Crippen LogP contribution in [0.2, 0.25) is 0 Å². The number of aliphatic hydroxyl groups is 1. The monoisotopic (exact) mass is 323 g/mol. The van der Waals surface area contributed by atoms with Gasteiger partial charge in [0.1, 0.15) is 18.4 Å². The normalized spacial score (nSPS) is 26.9. The van der Waals surface area contributed by atoms with Crippen LogP contribution in [0, 0.1) is 0 Å². The molecule has 2 heterocycles. The first-order chi connectivity index (χ1) is 10.1. The number of hydrogen-bond donors (Lipinski definition) is 3. The highest BCUT2D eigenvalue weighted by atomic mass is 19.4. The first-order valence-electron chi connectivity index (χ1n) is 6.13. The van der Waals surface area contributed by atoms with E-state index >= 15 is 0 Å². The van der Waals surface area contributed by atoms with Crippen molar-refractivity contribution in [3.63, 3.8) is 0 Å². The van der Waals surface area contributed by atoms with Crippen LogP contribution >= 0.6 is 0 Å². The Kier molecular flexibility index (Phi) is 4.22. The molecule has 122 valence electrons. The highest BCUT2D eigenvalue weighted by molar-refractivity contribution is 5.89. The second-order valence-corrected chi connectivity index (χ2v) is 4.76. The van der Waals surface area contributed by atoms with Gasteiger partial charge in [0.15, 0.2) is 0 Å². The number of H-pyrrole nitrogens is 1. The topological polar surface area (TPSA) is 127 Å². The molecule has 2 unspecified atom stereocenters. The molecule has 22 heavy (non-hydrogen) atoms. The number of nitrogens with two attached hydrogens (primary N) is 1. The van der Waals surface area contributed by atoms with Crippen molar-refractivity contribution in [2.24, 2.45) is 5.73 Å². The Labute approximate surface area is 120 Å². The number of hydrogen-bond acceptors (Lipinski definition) is 6. The molecule has 8 nitrogen and oxygen atoms in total. The summed E-state index contributed by atoms with van der Waals surface area (Å²) >= 11 is 0. The number of carbonyl (C=O) groups is 1. The van der Waals surface area contributed by atoms with Gasteiger partial charge in [0.05, 0.1) is 6.10 Å². The van der Waals surface area contributed by atoms with E-state index < -0.39 is 47.7 Å². The Morgan fingerprint density at radius 1 is 1.50 bits per heavy atom. The fourth-order valence-corrected chi connectivity index (χ4v) is 2.16. The van der Waals surface area contributed by atoms with E-state index in [-0.39, 0.29) is 6.42 Å². The van der Waals surface area contributed by atoms with Gasteiger partial charge in [0, 0.05) is 18.7 Å². The van der Waals surface area contributed by atoms with E-state index in [1.807, 2.05) is 4.98 Å². The zero-order valence-electron chi connectivity index (χ0n) is 10.9. The third kappa shape index (κ3) is 3.10. The second kappa shape index (κ2) is 5.66. The predicted molar refractivity (Wildman–Crippen MR) is 64.9 cm³/mol. The third-order valence-corrected chi connectivity index (χ3v) is 3.23. The molecule has 0 aliphatic carbocycles. The van der Waals surface area contributed by atoms with Crippen LogP contribution < -0.4 is 17.0 Å². The number of aromatic amines is 1. The minimum Gasteiger partial charge on any atom is -0.390 e. The summed E-state index contributed by atoms with van der Waals surface area (Å²) in [5.74, 6) is -2.23. The number of nitrogens with zero attached hydrogens (tertiary/aromatic N) is 1. The van der Waals surface area contributed by atoms with Gasteiger partial charge in [0.2, 0.25) is 0 Å². The van der Waals surface area contributed by atoms with Crippen LogP contribution in [0.1, 0.15) is 12.6 Å². The lowest BCUT2D eigenvalue weighted by molar-refractivity contribution is -0.177. The molecule has 0 bridgehead atoms. The van der Waals surface area contributed by atoms with Crippen molar-refractivity contribution in [3.05, 3.63) is 33.1 Å². The Balaban J connectivity index is 2.20. The summed E-state index contributed by atoms with van der Waals surface area (Å²) < 4.78 is 43.0. The van der Waals surface area contributed by atoms with Crippen molar-refractivity contribution >= 4 is 5.78 Å². The lowest BCUT2D eigenvalue weighted by atomic mass is 10.0. The lowest BCUT2D eigenvalue weighted by Gasteiger charge is -2.22. The highest BCUT2D eigenvalue weighted by Crippen LogP contribution is 2.31. The number of nitrogens with one attached hydrogen (secondary N) is 1. The minimum atomic E-state index is -5.16. The van der Waals surface area contributed by atoms with Gasteiger partial charge in [-0.15, -0.1) is 0 Å². The maximum atomic E-state index is 12.3. The highest BCUT2D eigenvalue weighted by Gasteiger charge is 2.49.